The number of aryl methyl sites for hydroxylation is 1. The van der Waals surface area contributed by atoms with Crippen LogP contribution >= 0.6 is 0 Å². The van der Waals surface area contributed by atoms with Gasteiger partial charge in [0.25, 0.3) is 0 Å². The molecular formula is C23H32N2O3S. The first-order valence-electron chi connectivity index (χ1n) is 10.0. The molecule has 0 saturated carbocycles. The quantitative estimate of drug-likeness (QED) is 0.657. The molecule has 0 aliphatic heterocycles. The average molecular weight is 417 g/mol. The Morgan fingerprint density at radius 1 is 1.03 bits per heavy atom. The zero-order chi connectivity index (χ0) is 21.6. The summed E-state index contributed by atoms with van der Waals surface area (Å²) in [4.78, 5) is 13.3. The summed E-state index contributed by atoms with van der Waals surface area (Å²) in [6, 6.07) is 16.0. The molecule has 2 aromatic rings. The number of benzene rings is 2. The largest absolute Gasteiger partial charge is 0.347 e. The molecule has 0 heterocycles. The lowest BCUT2D eigenvalue weighted by Gasteiger charge is -2.32. The van der Waals surface area contributed by atoms with Crippen LogP contribution in [0.2, 0.25) is 0 Å². The van der Waals surface area contributed by atoms with Crippen LogP contribution in [0.5, 0.6) is 0 Å². The van der Waals surface area contributed by atoms with Crippen molar-refractivity contribution < 1.29 is 13.2 Å². The van der Waals surface area contributed by atoms with Crippen LogP contribution in [-0.4, -0.2) is 26.6 Å². The van der Waals surface area contributed by atoms with Crippen LogP contribution < -0.4 is 9.62 Å². The van der Waals surface area contributed by atoms with Gasteiger partial charge in [-0.25, -0.2) is 8.42 Å². The van der Waals surface area contributed by atoms with Crippen LogP contribution in [0.3, 0.4) is 0 Å². The molecule has 0 aromatic heterocycles. The molecule has 2 atom stereocenters. The standard InChI is InChI=1S/C23H32N2O3S/c1-6-22(25(29(5,27)28)20-14-12-18(4)13-15-20)23(26)24-21(16-17(2)3)19-10-8-7-9-11-19/h7-15,17,21-22H,6,16H2,1-5H3,(H,24,26)/t21-,22-/m1/s1. The monoisotopic (exact) mass is 416 g/mol. The molecule has 1 amide bonds. The summed E-state index contributed by atoms with van der Waals surface area (Å²) >= 11 is 0. The number of hydrogen-bond donors (Lipinski definition) is 1. The van der Waals surface area contributed by atoms with Gasteiger partial charge < -0.3 is 5.32 Å². The molecule has 0 aliphatic carbocycles. The fourth-order valence-electron chi connectivity index (χ4n) is 3.45. The minimum Gasteiger partial charge on any atom is -0.347 e. The molecule has 2 aromatic carbocycles. The van der Waals surface area contributed by atoms with Crippen molar-refractivity contribution in [2.45, 2.75) is 52.6 Å². The molecule has 5 nitrogen and oxygen atoms in total. The minimum atomic E-state index is -3.64. The third kappa shape index (κ3) is 6.32. The molecule has 2 rings (SSSR count). The van der Waals surface area contributed by atoms with Crippen LogP contribution in [0.15, 0.2) is 54.6 Å². The van der Waals surface area contributed by atoms with Gasteiger partial charge in [-0.1, -0.05) is 68.8 Å². The normalized spacial score (nSPS) is 13.7. The molecule has 0 aliphatic rings. The van der Waals surface area contributed by atoms with Crippen molar-refractivity contribution in [3.05, 3.63) is 65.7 Å². The van der Waals surface area contributed by atoms with E-state index in [2.05, 4.69) is 19.2 Å². The molecule has 29 heavy (non-hydrogen) atoms. The number of nitrogens with one attached hydrogen (secondary N) is 1. The van der Waals surface area contributed by atoms with E-state index in [9.17, 15) is 13.2 Å². The van der Waals surface area contributed by atoms with E-state index in [1.807, 2.05) is 56.3 Å². The molecule has 0 bridgehead atoms. The molecule has 0 unspecified atom stereocenters. The second-order valence-electron chi connectivity index (χ2n) is 7.92. The summed E-state index contributed by atoms with van der Waals surface area (Å²) < 4.78 is 26.4. The van der Waals surface area contributed by atoms with Crippen molar-refractivity contribution >= 4 is 21.6 Å². The van der Waals surface area contributed by atoms with Crippen molar-refractivity contribution in [3.63, 3.8) is 0 Å². The van der Waals surface area contributed by atoms with Crippen molar-refractivity contribution in [2.24, 2.45) is 5.92 Å². The molecule has 1 N–H and O–H groups in total. The van der Waals surface area contributed by atoms with E-state index < -0.39 is 16.1 Å². The summed E-state index contributed by atoms with van der Waals surface area (Å²) in [7, 11) is -3.64. The highest BCUT2D eigenvalue weighted by molar-refractivity contribution is 7.92. The maximum absolute atomic E-state index is 13.3. The summed E-state index contributed by atoms with van der Waals surface area (Å²) in [5.74, 6) is 0.0942. The maximum atomic E-state index is 13.3. The average Bonchev–Trinajstić information content (AvgIpc) is 2.65. The lowest BCUT2D eigenvalue weighted by Crippen LogP contribution is -2.50. The Labute approximate surface area is 175 Å². The molecule has 0 spiro atoms. The lowest BCUT2D eigenvalue weighted by molar-refractivity contribution is -0.123. The predicted molar refractivity (Wildman–Crippen MR) is 119 cm³/mol. The Bertz CT molecular complexity index is 893. The van der Waals surface area contributed by atoms with Gasteiger partial charge in [-0.05, 0) is 43.4 Å². The number of nitrogens with zero attached hydrogens (tertiary/aromatic N) is 1. The Hall–Kier alpha value is -2.34. The summed E-state index contributed by atoms with van der Waals surface area (Å²) in [6.07, 6.45) is 2.29. The SMILES string of the molecule is CC[C@H](C(=O)N[C@H](CC(C)C)c1ccccc1)N(c1ccc(C)cc1)S(C)(=O)=O. The summed E-state index contributed by atoms with van der Waals surface area (Å²) in [6.45, 7) is 7.98. The van der Waals surface area contributed by atoms with Crippen molar-refractivity contribution in [1.29, 1.82) is 0 Å². The maximum Gasteiger partial charge on any atom is 0.244 e. The Morgan fingerprint density at radius 3 is 2.10 bits per heavy atom. The Kier molecular flexibility index (Phi) is 7.85. The summed E-state index contributed by atoms with van der Waals surface area (Å²) in [5.41, 5.74) is 2.55. The fraction of sp³-hybridized carbons (Fsp3) is 0.435. The van der Waals surface area contributed by atoms with E-state index in [-0.39, 0.29) is 11.9 Å². The molecular weight excluding hydrogens is 384 g/mol. The zero-order valence-corrected chi connectivity index (χ0v) is 18.7. The number of amides is 1. The molecule has 0 radical (unpaired) electrons. The minimum absolute atomic E-state index is 0.169. The van der Waals surface area contributed by atoms with Crippen molar-refractivity contribution in [3.8, 4) is 0 Å². The first-order chi connectivity index (χ1) is 13.6. The van der Waals surface area contributed by atoms with E-state index >= 15 is 0 Å². The Morgan fingerprint density at radius 2 is 1.62 bits per heavy atom. The van der Waals surface area contributed by atoms with Crippen LogP contribution in [-0.2, 0) is 14.8 Å². The van der Waals surface area contributed by atoms with E-state index in [0.717, 1.165) is 23.8 Å². The lowest BCUT2D eigenvalue weighted by atomic mass is 9.96. The van der Waals surface area contributed by atoms with Gasteiger partial charge in [0.05, 0.1) is 18.0 Å². The van der Waals surface area contributed by atoms with Crippen LogP contribution in [0, 0.1) is 12.8 Å². The zero-order valence-electron chi connectivity index (χ0n) is 17.9. The number of carbonyl (C=O) groups is 1. The Balaban J connectivity index is 2.35. The van der Waals surface area contributed by atoms with Gasteiger partial charge in [0, 0.05) is 0 Å². The number of anilines is 1. The molecule has 0 saturated heterocycles. The molecule has 158 valence electrons. The van der Waals surface area contributed by atoms with Gasteiger partial charge in [0.2, 0.25) is 15.9 Å². The van der Waals surface area contributed by atoms with E-state index in [1.165, 1.54) is 4.31 Å². The smallest absolute Gasteiger partial charge is 0.244 e. The van der Waals surface area contributed by atoms with Gasteiger partial charge in [-0.2, -0.15) is 0 Å². The second-order valence-corrected chi connectivity index (χ2v) is 9.78. The molecule has 6 heteroatoms. The van der Waals surface area contributed by atoms with Crippen LogP contribution in [0.25, 0.3) is 0 Å². The van der Waals surface area contributed by atoms with E-state index in [1.54, 1.807) is 12.1 Å². The van der Waals surface area contributed by atoms with Crippen molar-refractivity contribution in [1.82, 2.24) is 5.32 Å². The van der Waals surface area contributed by atoms with Gasteiger partial charge in [-0.3, -0.25) is 9.10 Å². The van der Waals surface area contributed by atoms with Gasteiger partial charge in [-0.15, -0.1) is 0 Å². The highest BCUT2D eigenvalue weighted by Crippen LogP contribution is 2.25. The number of hydrogen-bond acceptors (Lipinski definition) is 3. The first-order valence-corrected chi connectivity index (χ1v) is 11.9. The number of carbonyl (C=O) groups excluding carboxylic acids is 1. The number of sulfonamides is 1. The fourth-order valence-corrected chi connectivity index (χ4v) is 4.67. The first kappa shape index (κ1) is 22.9. The van der Waals surface area contributed by atoms with Crippen LogP contribution in [0.1, 0.15) is 50.8 Å². The highest BCUT2D eigenvalue weighted by Gasteiger charge is 2.32. The summed E-state index contributed by atoms with van der Waals surface area (Å²) in [5, 5.41) is 3.10. The van der Waals surface area contributed by atoms with Gasteiger partial charge in [0.1, 0.15) is 6.04 Å². The van der Waals surface area contributed by atoms with Crippen LogP contribution in [0.4, 0.5) is 5.69 Å². The predicted octanol–water partition coefficient (Wildman–Crippen LogP) is 4.44. The molecule has 0 fully saturated rings. The van der Waals surface area contributed by atoms with E-state index in [4.69, 9.17) is 0 Å². The topological polar surface area (TPSA) is 66.5 Å². The highest BCUT2D eigenvalue weighted by atomic mass is 32.2. The third-order valence-electron chi connectivity index (χ3n) is 4.84. The second kappa shape index (κ2) is 9.92. The third-order valence-corrected chi connectivity index (χ3v) is 6.02. The van der Waals surface area contributed by atoms with Crippen molar-refractivity contribution in [2.75, 3.05) is 10.6 Å². The van der Waals surface area contributed by atoms with Gasteiger partial charge >= 0.3 is 0 Å². The number of rotatable bonds is 9. The van der Waals surface area contributed by atoms with E-state index in [0.29, 0.717) is 18.0 Å². The van der Waals surface area contributed by atoms with Gasteiger partial charge in [0.15, 0.2) is 0 Å².